The van der Waals surface area contributed by atoms with Gasteiger partial charge in [0.1, 0.15) is 35.1 Å². The maximum atomic E-state index is 13.3. The number of nitrogens with one attached hydrogen (secondary N) is 2. The lowest BCUT2D eigenvalue weighted by molar-refractivity contribution is 0.250. The topological polar surface area (TPSA) is 102 Å². The van der Waals surface area contributed by atoms with Crippen molar-refractivity contribution in [2.45, 2.75) is 6.61 Å². The maximum absolute atomic E-state index is 13.3. The predicted molar refractivity (Wildman–Crippen MR) is 127 cm³/mol. The number of anilines is 2. The van der Waals surface area contributed by atoms with Gasteiger partial charge in [0.15, 0.2) is 0 Å². The molecule has 10 heteroatoms. The van der Waals surface area contributed by atoms with Crippen LogP contribution in [0.4, 0.5) is 20.7 Å². The van der Waals surface area contributed by atoms with Crippen LogP contribution in [0, 0.1) is 17.7 Å². The Morgan fingerprint density at radius 3 is 2.88 bits per heavy atom. The summed E-state index contributed by atoms with van der Waals surface area (Å²) in [5.74, 6) is 6.57. The number of nitrogens with two attached hydrogens (primary N) is 1. The summed E-state index contributed by atoms with van der Waals surface area (Å²) in [6.07, 6.45) is 1.46. The molecular weight excluding hydrogens is 465 g/mol. The molecule has 4 aromatic rings. The molecule has 0 radical (unpaired) electrons. The van der Waals surface area contributed by atoms with Crippen molar-refractivity contribution in [3.8, 4) is 17.6 Å². The van der Waals surface area contributed by atoms with Crippen LogP contribution < -0.4 is 21.1 Å². The number of urea groups is 1. The van der Waals surface area contributed by atoms with E-state index in [0.717, 1.165) is 15.1 Å². The second-order valence-corrected chi connectivity index (χ2v) is 8.20. The first-order valence-electron chi connectivity index (χ1n) is 9.68. The summed E-state index contributed by atoms with van der Waals surface area (Å²) in [7, 11) is 0. The third kappa shape index (κ3) is 5.88. The molecule has 0 aliphatic heterocycles. The Hall–Kier alpha value is -3.87. The Morgan fingerprint density at radius 2 is 2.09 bits per heavy atom. The number of thiophene rings is 1. The van der Waals surface area contributed by atoms with Gasteiger partial charge in [0.2, 0.25) is 0 Å². The van der Waals surface area contributed by atoms with E-state index in [-0.39, 0.29) is 19.0 Å². The van der Waals surface area contributed by atoms with Gasteiger partial charge < -0.3 is 21.1 Å². The van der Waals surface area contributed by atoms with Crippen molar-refractivity contribution in [2.24, 2.45) is 5.73 Å². The van der Waals surface area contributed by atoms with Crippen LogP contribution in [-0.2, 0) is 6.61 Å². The van der Waals surface area contributed by atoms with Crippen LogP contribution in [0.3, 0.4) is 0 Å². The molecule has 0 fully saturated rings. The number of halogens is 2. The number of primary amides is 1. The monoisotopic (exact) mass is 481 g/mol. The van der Waals surface area contributed by atoms with E-state index in [1.165, 1.54) is 29.8 Å². The number of carbonyl (C=O) groups is 1. The fourth-order valence-corrected chi connectivity index (χ4v) is 4.01. The van der Waals surface area contributed by atoms with E-state index in [1.807, 2.05) is 12.1 Å². The second-order valence-electron chi connectivity index (χ2n) is 6.76. The molecule has 4 rings (SSSR count). The average molecular weight is 482 g/mol. The van der Waals surface area contributed by atoms with Crippen LogP contribution in [0.5, 0.6) is 5.75 Å². The van der Waals surface area contributed by atoms with Gasteiger partial charge in [-0.3, -0.25) is 0 Å². The zero-order valence-electron chi connectivity index (χ0n) is 17.1. The molecular formula is C23H17ClFN5O2S. The van der Waals surface area contributed by atoms with Crippen molar-refractivity contribution in [2.75, 3.05) is 11.9 Å². The van der Waals surface area contributed by atoms with E-state index in [2.05, 4.69) is 32.4 Å². The minimum Gasteiger partial charge on any atom is -0.487 e. The van der Waals surface area contributed by atoms with Gasteiger partial charge in [0.25, 0.3) is 0 Å². The van der Waals surface area contributed by atoms with Gasteiger partial charge in [-0.2, -0.15) is 0 Å². The summed E-state index contributed by atoms with van der Waals surface area (Å²) in [6.45, 7) is 0.358. The number of aromatic nitrogens is 2. The molecule has 7 nitrogen and oxygen atoms in total. The van der Waals surface area contributed by atoms with E-state index in [9.17, 15) is 9.18 Å². The summed E-state index contributed by atoms with van der Waals surface area (Å²) >= 11 is 7.79. The molecule has 4 N–H and O–H groups in total. The van der Waals surface area contributed by atoms with E-state index in [4.69, 9.17) is 22.1 Å². The standard InChI is InChI=1S/C23H17ClFN5O2S/c24-19-10-16(6-7-20(19)32-12-14-3-1-4-15(25)9-14)30-21-18-11-17(5-2-8-27-23(26)31)33-22(18)29-13-28-21/h1,3-4,6-7,9-11,13H,8,12H2,(H3,26,27,31)(H,28,29,30). The Kier molecular flexibility index (Phi) is 6.88. The largest absolute Gasteiger partial charge is 0.487 e. The SMILES string of the molecule is NC(=O)NCC#Cc1cc2c(Nc3ccc(OCc4cccc(F)c4)c(Cl)c3)ncnc2s1. The highest BCUT2D eigenvalue weighted by Gasteiger charge is 2.10. The molecule has 0 aliphatic rings. The fraction of sp³-hybridized carbons (Fsp3) is 0.0870. The molecule has 0 aliphatic carbocycles. The molecule has 0 saturated heterocycles. The number of ether oxygens (including phenoxy) is 1. The first-order chi connectivity index (χ1) is 16.0. The van der Waals surface area contributed by atoms with Crippen molar-refractivity contribution in [3.05, 3.63) is 76.1 Å². The number of carbonyl (C=O) groups excluding carboxylic acids is 1. The number of nitrogens with zero attached hydrogens (tertiary/aromatic N) is 2. The van der Waals surface area contributed by atoms with Crippen molar-refractivity contribution in [1.82, 2.24) is 15.3 Å². The van der Waals surface area contributed by atoms with Crippen LogP contribution in [0.15, 0.2) is 54.9 Å². The van der Waals surface area contributed by atoms with Crippen LogP contribution >= 0.6 is 22.9 Å². The van der Waals surface area contributed by atoms with Gasteiger partial charge in [0, 0.05) is 5.69 Å². The summed E-state index contributed by atoms with van der Waals surface area (Å²) in [6, 6.07) is 12.7. The van der Waals surface area contributed by atoms with E-state index in [0.29, 0.717) is 27.8 Å². The normalized spacial score (nSPS) is 10.4. The molecule has 2 aromatic carbocycles. The van der Waals surface area contributed by atoms with Gasteiger partial charge in [-0.15, -0.1) is 11.3 Å². The molecule has 166 valence electrons. The Bertz CT molecular complexity index is 1380. The van der Waals surface area contributed by atoms with Gasteiger partial charge >= 0.3 is 6.03 Å². The predicted octanol–water partition coefficient (Wildman–Crippen LogP) is 4.83. The maximum Gasteiger partial charge on any atom is 0.312 e. The molecule has 0 bridgehead atoms. The number of amides is 2. The Labute approximate surface area is 197 Å². The number of hydrogen-bond acceptors (Lipinski definition) is 6. The van der Waals surface area contributed by atoms with Crippen molar-refractivity contribution < 1.29 is 13.9 Å². The molecule has 2 heterocycles. The number of rotatable bonds is 6. The minimum atomic E-state index is -0.623. The van der Waals surface area contributed by atoms with Gasteiger partial charge in [-0.1, -0.05) is 35.6 Å². The Balaban J connectivity index is 1.47. The molecule has 0 unspecified atom stereocenters. The molecule has 2 amide bonds. The lowest BCUT2D eigenvalue weighted by Gasteiger charge is -2.11. The smallest absolute Gasteiger partial charge is 0.312 e. The molecule has 0 spiro atoms. The first kappa shape index (κ1) is 22.3. The van der Waals surface area contributed by atoms with Crippen LogP contribution in [0.25, 0.3) is 10.2 Å². The van der Waals surface area contributed by atoms with E-state index in [1.54, 1.807) is 24.3 Å². The zero-order chi connectivity index (χ0) is 23.2. The van der Waals surface area contributed by atoms with Gasteiger partial charge in [-0.05, 0) is 42.0 Å². The quantitative estimate of drug-likeness (QED) is 0.342. The molecule has 0 saturated carbocycles. The fourth-order valence-electron chi connectivity index (χ4n) is 2.90. The lowest BCUT2D eigenvalue weighted by Crippen LogP contribution is -2.29. The van der Waals surface area contributed by atoms with E-state index >= 15 is 0 Å². The molecule has 2 aromatic heterocycles. The van der Waals surface area contributed by atoms with Crippen LogP contribution in [-0.4, -0.2) is 22.5 Å². The van der Waals surface area contributed by atoms with Crippen molar-refractivity contribution >= 4 is 50.7 Å². The van der Waals surface area contributed by atoms with Crippen LogP contribution in [0.2, 0.25) is 5.02 Å². The Morgan fingerprint density at radius 1 is 1.21 bits per heavy atom. The summed E-state index contributed by atoms with van der Waals surface area (Å²) < 4.78 is 19.0. The van der Waals surface area contributed by atoms with Gasteiger partial charge in [-0.25, -0.2) is 19.2 Å². The zero-order valence-corrected chi connectivity index (χ0v) is 18.6. The highest BCUT2D eigenvalue weighted by atomic mass is 35.5. The summed E-state index contributed by atoms with van der Waals surface area (Å²) in [5, 5.41) is 6.86. The van der Waals surface area contributed by atoms with Crippen molar-refractivity contribution in [3.63, 3.8) is 0 Å². The average Bonchev–Trinajstić information content (AvgIpc) is 3.20. The minimum absolute atomic E-state index is 0.159. The summed E-state index contributed by atoms with van der Waals surface area (Å²) in [5.41, 5.74) is 6.44. The highest BCUT2D eigenvalue weighted by Crippen LogP contribution is 2.32. The third-order valence-electron chi connectivity index (χ3n) is 4.37. The number of benzene rings is 2. The lowest BCUT2D eigenvalue weighted by atomic mass is 10.2. The van der Waals surface area contributed by atoms with Crippen molar-refractivity contribution in [1.29, 1.82) is 0 Å². The number of hydrogen-bond donors (Lipinski definition) is 3. The van der Waals surface area contributed by atoms with E-state index < -0.39 is 6.03 Å². The second kappa shape index (κ2) is 10.2. The number of fused-ring (bicyclic) bond motifs is 1. The molecule has 0 atom stereocenters. The first-order valence-corrected chi connectivity index (χ1v) is 10.9. The van der Waals surface area contributed by atoms with Gasteiger partial charge in [0.05, 0.1) is 21.8 Å². The third-order valence-corrected chi connectivity index (χ3v) is 5.62. The highest BCUT2D eigenvalue weighted by molar-refractivity contribution is 7.19. The van der Waals surface area contributed by atoms with Crippen LogP contribution in [0.1, 0.15) is 10.4 Å². The summed E-state index contributed by atoms with van der Waals surface area (Å²) in [4.78, 5) is 20.9. The molecule has 33 heavy (non-hydrogen) atoms.